The molecular weight excluding hydrogens is 545 g/mol. The molecule has 4 rings (SSSR count). The quantitative estimate of drug-likeness (QED) is 0.410. The molecule has 1 fully saturated rings. The van der Waals surface area contributed by atoms with E-state index in [9.17, 15) is 26.0 Å². The Balaban J connectivity index is 1.65. The maximum absolute atomic E-state index is 13.5. The number of ether oxygens (including phenoxy) is 1. The van der Waals surface area contributed by atoms with Gasteiger partial charge in [-0.3, -0.25) is 9.10 Å². The normalized spacial score (nSPS) is 14.5. The van der Waals surface area contributed by atoms with Crippen molar-refractivity contribution in [3.63, 3.8) is 0 Å². The van der Waals surface area contributed by atoms with Gasteiger partial charge in [0.05, 0.1) is 28.3 Å². The van der Waals surface area contributed by atoms with Gasteiger partial charge in [0, 0.05) is 13.1 Å². The third-order valence-electron chi connectivity index (χ3n) is 6.41. The Bertz CT molecular complexity index is 1540. The van der Waals surface area contributed by atoms with Crippen molar-refractivity contribution in [3.05, 3.63) is 78.1 Å². The minimum atomic E-state index is -4.26. The summed E-state index contributed by atoms with van der Waals surface area (Å²) in [6.45, 7) is 2.05. The van der Waals surface area contributed by atoms with Crippen molar-refractivity contribution in [2.24, 2.45) is 0 Å². The zero-order valence-electron chi connectivity index (χ0n) is 21.6. The molecule has 1 aliphatic heterocycles. The van der Waals surface area contributed by atoms with E-state index in [1.54, 1.807) is 24.3 Å². The number of nitrogens with zero attached hydrogens (tertiary/aromatic N) is 2. The molecule has 3 aromatic carbocycles. The highest BCUT2D eigenvalue weighted by Gasteiger charge is 2.29. The Morgan fingerprint density at radius 1 is 0.923 bits per heavy atom. The van der Waals surface area contributed by atoms with Crippen LogP contribution in [0.3, 0.4) is 0 Å². The van der Waals surface area contributed by atoms with Crippen LogP contribution in [0, 0.1) is 12.7 Å². The summed E-state index contributed by atoms with van der Waals surface area (Å²) < 4.78 is 74.5. The van der Waals surface area contributed by atoms with Gasteiger partial charge in [-0.2, -0.15) is 4.31 Å². The summed E-state index contributed by atoms with van der Waals surface area (Å²) in [5.41, 5.74) is 1.20. The Hall–Kier alpha value is -3.48. The van der Waals surface area contributed by atoms with Gasteiger partial charge in [0.25, 0.3) is 10.0 Å². The second-order valence-electron chi connectivity index (χ2n) is 9.18. The van der Waals surface area contributed by atoms with Crippen LogP contribution in [-0.2, 0) is 24.8 Å². The molecule has 1 N–H and O–H groups in total. The van der Waals surface area contributed by atoms with E-state index in [1.807, 2.05) is 6.92 Å². The number of hydrogen-bond donors (Lipinski definition) is 1. The Morgan fingerprint density at radius 2 is 1.54 bits per heavy atom. The van der Waals surface area contributed by atoms with Gasteiger partial charge in [0.15, 0.2) is 0 Å². The molecular formula is C27H30FN3O6S2. The summed E-state index contributed by atoms with van der Waals surface area (Å²) in [7, 11) is -6.67. The first kappa shape index (κ1) is 28.5. The summed E-state index contributed by atoms with van der Waals surface area (Å²) in [5.74, 6) is -1.11. The zero-order valence-corrected chi connectivity index (χ0v) is 23.3. The topological polar surface area (TPSA) is 113 Å². The number of hydrogen-bond acceptors (Lipinski definition) is 6. The van der Waals surface area contributed by atoms with Crippen LogP contribution in [0.5, 0.6) is 5.75 Å². The maximum atomic E-state index is 13.5. The van der Waals surface area contributed by atoms with E-state index in [-0.39, 0.29) is 26.9 Å². The van der Waals surface area contributed by atoms with Crippen molar-refractivity contribution in [2.45, 2.75) is 36.0 Å². The maximum Gasteiger partial charge on any atom is 0.264 e. The van der Waals surface area contributed by atoms with Crippen LogP contribution in [-0.4, -0.2) is 53.8 Å². The first-order valence-electron chi connectivity index (χ1n) is 12.4. The fourth-order valence-corrected chi connectivity index (χ4v) is 7.24. The fourth-order valence-electron chi connectivity index (χ4n) is 4.28. The van der Waals surface area contributed by atoms with Gasteiger partial charge in [-0.25, -0.2) is 21.2 Å². The van der Waals surface area contributed by atoms with Crippen LogP contribution in [0.4, 0.5) is 15.8 Å². The lowest BCUT2D eigenvalue weighted by Gasteiger charge is -2.26. The summed E-state index contributed by atoms with van der Waals surface area (Å²) in [6.07, 6.45) is 2.51. The Kier molecular flexibility index (Phi) is 8.57. The van der Waals surface area contributed by atoms with Gasteiger partial charge >= 0.3 is 0 Å². The van der Waals surface area contributed by atoms with E-state index in [2.05, 4.69) is 5.32 Å². The number of amides is 1. The number of halogens is 1. The molecule has 3 aromatic rings. The molecule has 0 bridgehead atoms. The molecule has 9 nitrogen and oxygen atoms in total. The average Bonchev–Trinajstić information content (AvgIpc) is 2.93. The van der Waals surface area contributed by atoms with Crippen LogP contribution >= 0.6 is 0 Å². The molecule has 0 atom stereocenters. The van der Waals surface area contributed by atoms with E-state index in [0.717, 1.165) is 53.4 Å². The summed E-state index contributed by atoms with van der Waals surface area (Å²) in [5, 5.41) is 2.61. The number of benzene rings is 3. The molecule has 39 heavy (non-hydrogen) atoms. The number of methoxy groups -OCH3 is 1. The van der Waals surface area contributed by atoms with Crippen molar-refractivity contribution in [2.75, 3.05) is 36.4 Å². The van der Waals surface area contributed by atoms with E-state index in [1.165, 1.54) is 29.6 Å². The van der Waals surface area contributed by atoms with Crippen LogP contribution in [0.2, 0.25) is 0 Å². The van der Waals surface area contributed by atoms with Crippen LogP contribution in [0.1, 0.15) is 24.8 Å². The van der Waals surface area contributed by atoms with Gasteiger partial charge in [0.1, 0.15) is 18.1 Å². The highest BCUT2D eigenvalue weighted by atomic mass is 32.2. The average molecular weight is 576 g/mol. The predicted molar refractivity (Wildman–Crippen MR) is 146 cm³/mol. The number of aryl methyl sites for hydroxylation is 1. The van der Waals surface area contributed by atoms with E-state index in [4.69, 9.17) is 4.74 Å². The SMILES string of the molecule is COc1ccc(S(=O)(=O)N2CCCCC2)cc1NC(=O)CN(c1ccc(C)cc1)S(=O)(=O)c1ccc(F)cc1. The Morgan fingerprint density at radius 3 is 2.15 bits per heavy atom. The van der Waals surface area contributed by atoms with Crippen LogP contribution < -0.4 is 14.4 Å². The summed E-state index contributed by atoms with van der Waals surface area (Å²) in [4.78, 5) is 13.0. The number of anilines is 2. The van der Waals surface area contributed by atoms with Gasteiger partial charge < -0.3 is 10.1 Å². The number of rotatable bonds is 9. The van der Waals surface area contributed by atoms with E-state index in [0.29, 0.717) is 13.1 Å². The van der Waals surface area contributed by atoms with Gasteiger partial charge in [-0.05, 0) is 74.4 Å². The lowest BCUT2D eigenvalue weighted by atomic mass is 10.2. The number of sulfonamides is 2. The fraction of sp³-hybridized carbons (Fsp3) is 0.296. The largest absolute Gasteiger partial charge is 0.495 e. The number of piperidine rings is 1. The predicted octanol–water partition coefficient (Wildman–Crippen LogP) is 4.15. The van der Waals surface area contributed by atoms with Gasteiger partial charge in [-0.1, -0.05) is 24.1 Å². The molecule has 208 valence electrons. The molecule has 0 aromatic heterocycles. The lowest BCUT2D eigenvalue weighted by Crippen LogP contribution is -2.38. The third kappa shape index (κ3) is 6.40. The smallest absolute Gasteiger partial charge is 0.264 e. The highest BCUT2D eigenvalue weighted by molar-refractivity contribution is 7.92. The number of nitrogens with one attached hydrogen (secondary N) is 1. The molecule has 1 saturated heterocycles. The first-order chi connectivity index (χ1) is 18.5. The second kappa shape index (κ2) is 11.7. The van der Waals surface area contributed by atoms with Crippen LogP contribution in [0.15, 0.2) is 76.5 Å². The summed E-state index contributed by atoms with van der Waals surface area (Å²) in [6, 6.07) is 15.0. The highest BCUT2D eigenvalue weighted by Crippen LogP contribution is 2.31. The lowest BCUT2D eigenvalue weighted by molar-refractivity contribution is -0.114. The van der Waals surface area contributed by atoms with E-state index >= 15 is 0 Å². The molecule has 0 unspecified atom stereocenters. The zero-order chi connectivity index (χ0) is 28.2. The molecule has 0 aliphatic carbocycles. The molecule has 0 saturated carbocycles. The Labute approximate surface area is 228 Å². The minimum Gasteiger partial charge on any atom is -0.495 e. The van der Waals surface area contributed by atoms with Crippen molar-refractivity contribution < 1.29 is 30.8 Å². The van der Waals surface area contributed by atoms with Gasteiger partial charge in [0.2, 0.25) is 15.9 Å². The number of carbonyl (C=O) groups is 1. The molecule has 12 heteroatoms. The molecule has 1 amide bonds. The van der Waals surface area contributed by atoms with Crippen molar-refractivity contribution in [1.82, 2.24) is 4.31 Å². The molecule has 1 heterocycles. The first-order valence-corrected chi connectivity index (χ1v) is 15.2. The van der Waals surface area contributed by atoms with Crippen LogP contribution in [0.25, 0.3) is 0 Å². The molecule has 0 spiro atoms. The minimum absolute atomic E-state index is 0.00479. The molecule has 0 radical (unpaired) electrons. The second-order valence-corrected chi connectivity index (χ2v) is 13.0. The van der Waals surface area contributed by atoms with Crippen molar-refractivity contribution >= 4 is 37.3 Å². The van der Waals surface area contributed by atoms with E-state index < -0.39 is 38.3 Å². The monoisotopic (exact) mass is 575 g/mol. The van der Waals surface area contributed by atoms with Crippen molar-refractivity contribution in [3.8, 4) is 5.75 Å². The summed E-state index contributed by atoms with van der Waals surface area (Å²) >= 11 is 0. The van der Waals surface area contributed by atoms with Crippen molar-refractivity contribution in [1.29, 1.82) is 0 Å². The van der Waals surface area contributed by atoms with Gasteiger partial charge in [-0.15, -0.1) is 0 Å². The third-order valence-corrected chi connectivity index (χ3v) is 10.1. The number of carbonyl (C=O) groups excluding carboxylic acids is 1. The standard InChI is InChI=1S/C27H30FN3O6S2/c1-20-6-10-22(11-7-20)31(39(35,36)23-12-8-21(28)9-13-23)19-27(32)29-25-18-24(14-15-26(25)37-2)38(33,34)30-16-4-3-5-17-30/h6-15,18H,3-5,16-17,19H2,1-2H3,(H,29,32). The molecule has 1 aliphatic rings.